The first-order valence-electron chi connectivity index (χ1n) is 13.0. The van der Waals surface area contributed by atoms with Gasteiger partial charge in [0.05, 0.1) is 71.4 Å². The topological polar surface area (TPSA) is 116 Å². The van der Waals surface area contributed by atoms with Crippen LogP contribution in [-0.2, 0) is 36.8 Å². The molecule has 0 aromatic carbocycles. The summed E-state index contributed by atoms with van der Waals surface area (Å²) in [6.45, 7) is 7.09. The van der Waals surface area contributed by atoms with Crippen LogP contribution >= 0.6 is 0 Å². The number of ether oxygens (including phenoxy) is 5. The van der Waals surface area contributed by atoms with Gasteiger partial charge in [-0.1, -0.05) is 12.1 Å². The second-order valence-corrected chi connectivity index (χ2v) is 8.85. The highest BCUT2D eigenvalue weighted by Crippen LogP contribution is 2.07. The molecule has 38 heavy (non-hydrogen) atoms. The van der Waals surface area contributed by atoms with Crippen molar-refractivity contribution in [2.45, 2.75) is 19.2 Å². The van der Waals surface area contributed by atoms with Crippen molar-refractivity contribution < 1.29 is 33.6 Å². The van der Waals surface area contributed by atoms with Crippen molar-refractivity contribution in [3.63, 3.8) is 0 Å². The molecule has 2 aromatic heterocycles. The van der Waals surface area contributed by atoms with Crippen LogP contribution in [0.4, 0.5) is 0 Å². The van der Waals surface area contributed by atoms with E-state index in [1.54, 1.807) is 18.3 Å². The molecule has 2 aromatic rings. The van der Waals surface area contributed by atoms with Crippen molar-refractivity contribution in [3.8, 4) is 0 Å². The van der Waals surface area contributed by atoms with Crippen molar-refractivity contribution in [2.24, 2.45) is 0 Å². The molecule has 0 radical (unpaired) electrons. The highest BCUT2D eigenvalue weighted by atomic mass is 16.5. The Bertz CT molecular complexity index is 921. The molecule has 11 nitrogen and oxygen atoms in total. The quantitative estimate of drug-likeness (QED) is 0.538. The fraction of sp³-hybridized carbons (Fsp3) is 0.593. The lowest BCUT2D eigenvalue weighted by Gasteiger charge is -2.25. The third-order valence-electron chi connectivity index (χ3n) is 5.99. The van der Waals surface area contributed by atoms with Crippen molar-refractivity contribution in [2.75, 3.05) is 86.1 Å². The van der Waals surface area contributed by atoms with Gasteiger partial charge in [-0.15, -0.1) is 0 Å². The van der Waals surface area contributed by atoms with Crippen LogP contribution in [0.5, 0.6) is 0 Å². The molecule has 3 heterocycles. The number of hydrogen-bond donors (Lipinski definition) is 1. The summed E-state index contributed by atoms with van der Waals surface area (Å²) in [4.78, 5) is 25.1. The first kappa shape index (κ1) is 30.0. The fourth-order valence-corrected chi connectivity index (χ4v) is 3.90. The van der Waals surface area contributed by atoms with E-state index < -0.39 is 12.1 Å². The van der Waals surface area contributed by atoms with E-state index in [4.69, 9.17) is 23.7 Å². The summed E-state index contributed by atoms with van der Waals surface area (Å²) >= 11 is 0. The predicted octanol–water partition coefficient (Wildman–Crippen LogP) is 1.01. The van der Waals surface area contributed by atoms with E-state index in [9.17, 15) is 9.90 Å². The molecular formula is C27H40N4O7. The Morgan fingerprint density at radius 2 is 1.55 bits per heavy atom. The van der Waals surface area contributed by atoms with Crippen LogP contribution in [-0.4, -0.2) is 123 Å². The minimum absolute atomic E-state index is 0.120. The van der Waals surface area contributed by atoms with Crippen LogP contribution in [0, 0.1) is 0 Å². The number of rotatable bonds is 6. The molecule has 11 heteroatoms. The van der Waals surface area contributed by atoms with Gasteiger partial charge in [0, 0.05) is 45.5 Å². The zero-order valence-corrected chi connectivity index (χ0v) is 22.2. The molecule has 1 fully saturated rings. The Balaban J connectivity index is 1.53. The third-order valence-corrected chi connectivity index (χ3v) is 5.99. The van der Waals surface area contributed by atoms with Crippen molar-refractivity contribution in [1.82, 2.24) is 19.8 Å². The van der Waals surface area contributed by atoms with Gasteiger partial charge in [-0.2, -0.15) is 0 Å². The fourth-order valence-electron chi connectivity index (χ4n) is 3.90. The summed E-state index contributed by atoms with van der Waals surface area (Å²) in [6, 6.07) is 11.2. The van der Waals surface area contributed by atoms with E-state index in [2.05, 4.69) is 19.8 Å². The number of hydrogen-bond acceptors (Lipinski definition) is 11. The molecule has 1 aliphatic heterocycles. The van der Waals surface area contributed by atoms with Gasteiger partial charge in [0.25, 0.3) is 0 Å². The van der Waals surface area contributed by atoms with Crippen LogP contribution < -0.4 is 0 Å². The highest BCUT2D eigenvalue weighted by molar-refractivity contribution is 5.87. The Hall–Kier alpha value is -2.51. The molecule has 0 bridgehead atoms. The summed E-state index contributed by atoms with van der Waals surface area (Å²) in [7, 11) is 1.34. The van der Waals surface area contributed by atoms with E-state index >= 15 is 0 Å². The molecule has 1 N–H and O–H groups in total. The average molecular weight is 533 g/mol. The monoisotopic (exact) mass is 532 g/mol. The summed E-state index contributed by atoms with van der Waals surface area (Å²) < 4.78 is 28.1. The molecular weight excluding hydrogens is 492 g/mol. The summed E-state index contributed by atoms with van der Waals surface area (Å²) in [5, 5.41) is 9.76. The molecule has 0 unspecified atom stereocenters. The number of esters is 1. The first-order valence-corrected chi connectivity index (χ1v) is 13.0. The second-order valence-electron chi connectivity index (χ2n) is 8.85. The number of aliphatic hydroxyl groups is 1. The molecule has 0 aliphatic carbocycles. The van der Waals surface area contributed by atoms with Gasteiger partial charge in [0.15, 0.2) is 0 Å². The molecule has 1 atom stereocenters. The van der Waals surface area contributed by atoms with Crippen LogP contribution in [0.25, 0.3) is 0 Å². The highest BCUT2D eigenvalue weighted by Gasteiger charge is 2.14. The van der Waals surface area contributed by atoms with E-state index in [-0.39, 0.29) is 12.3 Å². The lowest BCUT2D eigenvalue weighted by molar-refractivity contribution is -0.0535. The SMILES string of the molecule is COC(=O)c1cccc(CN2CCOCCOCCN(Cc3ccccn3)CCO[C@H](CO)COCC2)n1. The molecule has 1 aliphatic rings. The summed E-state index contributed by atoms with van der Waals surface area (Å²) in [6.07, 6.45) is 1.38. The van der Waals surface area contributed by atoms with Crippen LogP contribution in [0.15, 0.2) is 42.6 Å². The van der Waals surface area contributed by atoms with Gasteiger partial charge in [-0.25, -0.2) is 9.78 Å². The summed E-state index contributed by atoms with van der Waals surface area (Å²) in [5.41, 5.74) is 2.01. The Labute approximate surface area is 224 Å². The number of carbonyl (C=O) groups is 1. The zero-order chi connectivity index (χ0) is 26.8. The minimum Gasteiger partial charge on any atom is -0.464 e. The van der Waals surface area contributed by atoms with Gasteiger partial charge >= 0.3 is 5.97 Å². The molecule has 3 rings (SSSR count). The number of carbonyl (C=O) groups excluding carboxylic acids is 1. The van der Waals surface area contributed by atoms with E-state index in [0.717, 1.165) is 17.9 Å². The Kier molecular flexibility index (Phi) is 14.1. The molecule has 0 spiro atoms. The third kappa shape index (κ3) is 11.5. The number of aliphatic hydroxyl groups excluding tert-OH is 1. The van der Waals surface area contributed by atoms with Crippen LogP contribution in [0.3, 0.4) is 0 Å². The van der Waals surface area contributed by atoms with E-state index in [1.165, 1.54) is 7.11 Å². The minimum atomic E-state index is -0.465. The largest absolute Gasteiger partial charge is 0.464 e. The van der Waals surface area contributed by atoms with Gasteiger partial charge in [0.2, 0.25) is 0 Å². The van der Waals surface area contributed by atoms with Crippen molar-refractivity contribution in [1.29, 1.82) is 0 Å². The number of nitrogens with zero attached hydrogens (tertiary/aromatic N) is 4. The van der Waals surface area contributed by atoms with Gasteiger partial charge in [-0.3, -0.25) is 14.8 Å². The molecule has 210 valence electrons. The standard InChI is InChI=1S/C27H40N4O7/c1-34-27(33)26-7-4-6-24(29-26)20-30-9-13-35-17-18-36-14-10-31(19-23-5-2-3-8-28-23)12-16-38-25(21-32)22-37-15-11-30/h2-8,25,32H,9-22H2,1H3/t25-/m1/s1. The smallest absolute Gasteiger partial charge is 0.356 e. The second kappa shape index (κ2) is 17.9. The first-order chi connectivity index (χ1) is 18.7. The van der Waals surface area contributed by atoms with Crippen molar-refractivity contribution in [3.05, 3.63) is 59.7 Å². The van der Waals surface area contributed by atoms with Gasteiger partial charge < -0.3 is 28.8 Å². The normalized spacial score (nSPS) is 20.3. The molecule has 0 saturated carbocycles. The molecule has 1 saturated heterocycles. The van der Waals surface area contributed by atoms with Gasteiger partial charge in [-0.05, 0) is 24.3 Å². The maximum absolute atomic E-state index is 11.8. The molecule has 0 amide bonds. The van der Waals surface area contributed by atoms with Crippen LogP contribution in [0.1, 0.15) is 21.9 Å². The Morgan fingerprint density at radius 3 is 2.21 bits per heavy atom. The average Bonchev–Trinajstić information content (AvgIpc) is 2.95. The number of pyridine rings is 2. The maximum Gasteiger partial charge on any atom is 0.356 e. The maximum atomic E-state index is 11.8. The lowest BCUT2D eigenvalue weighted by Crippen LogP contribution is -2.35. The number of methoxy groups -OCH3 is 1. The van der Waals surface area contributed by atoms with Crippen LogP contribution in [0.2, 0.25) is 0 Å². The lowest BCUT2D eigenvalue weighted by atomic mass is 10.3. The van der Waals surface area contributed by atoms with Gasteiger partial charge in [0.1, 0.15) is 11.8 Å². The number of aromatic nitrogens is 2. The zero-order valence-electron chi connectivity index (χ0n) is 22.2. The summed E-state index contributed by atoms with van der Waals surface area (Å²) in [5.74, 6) is -0.465. The predicted molar refractivity (Wildman–Crippen MR) is 140 cm³/mol. The van der Waals surface area contributed by atoms with E-state index in [0.29, 0.717) is 79.0 Å². The Morgan fingerprint density at radius 1 is 0.895 bits per heavy atom. The van der Waals surface area contributed by atoms with E-state index in [1.807, 2.05) is 24.3 Å². The van der Waals surface area contributed by atoms with Crippen molar-refractivity contribution >= 4 is 5.97 Å².